The van der Waals surface area contributed by atoms with Gasteiger partial charge in [-0.1, -0.05) is 31.2 Å². The summed E-state index contributed by atoms with van der Waals surface area (Å²) in [6.45, 7) is 2.73. The van der Waals surface area contributed by atoms with Crippen molar-refractivity contribution in [3.8, 4) is 5.88 Å². The van der Waals surface area contributed by atoms with Gasteiger partial charge in [0.1, 0.15) is 5.03 Å². The molecule has 0 unspecified atom stereocenters. The minimum atomic E-state index is 0.607. The van der Waals surface area contributed by atoms with Crippen LogP contribution in [0.5, 0.6) is 5.88 Å². The highest BCUT2D eigenvalue weighted by atomic mass is 32.2. The smallest absolute Gasteiger partial charge is 0.217 e. The van der Waals surface area contributed by atoms with Gasteiger partial charge in [0, 0.05) is 17.6 Å². The van der Waals surface area contributed by atoms with Gasteiger partial charge in [0.15, 0.2) is 5.16 Å². The summed E-state index contributed by atoms with van der Waals surface area (Å²) >= 11 is 1.44. The Labute approximate surface area is 127 Å². The minimum absolute atomic E-state index is 0.607. The van der Waals surface area contributed by atoms with Crippen molar-refractivity contribution < 1.29 is 4.74 Å². The van der Waals surface area contributed by atoms with Crippen LogP contribution in [-0.4, -0.2) is 21.6 Å². The Morgan fingerprint density at radius 2 is 1.95 bits per heavy atom. The fraction of sp³-hybridized carbons (Fsp3) is 0.188. The lowest BCUT2D eigenvalue weighted by Crippen LogP contribution is -1.98. The molecule has 0 spiro atoms. The van der Waals surface area contributed by atoms with E-state index in [4.69, 9.17) is 4.74 Å². The number of benzene rings is 1. The van der Waals surface area contributed by atoms with Crippen LogP contribution >= 0.6 is 11.8 Å². The first kappa shape index (κ1) is 13.8. The third kappa shape index (κ3) is 3.49. The van der Waals surface area contributed by atoms with Crippen LogP contribution in [0, 0.1) is 0 Å². The number of hydrogen-bond donors (Lipinski definition) is 0. The van der Waals surface area contributed by atoms with Crippen molar-refractivity contribution in [2.45, 2.75) is 23.5 Å². The molecule has 2 aromatic heterocycles. The molecule has 21 heavy (non-hydrogen) atoms. The van der Waals surface area contributed by atoms with E-state index in [9.17, 15) is 0 Å². The summed E-state index contributed by atoms with van der Waals surface area (Å²) in [6, 6.07) is 13.9. The van der Waals surface area contributed by atoms with E-state index < -0.39 is 0 Å². The Kier molecular flexibility index (Phi) is 4.31. The largest absolute Gasteiger partial charge is 0.478 e. The lowest BCUT2D eigenvalue weighted by atomic mass is 10.2. The zero-order chi connectivity index (χ0) is 14.5. The molecule has 0 N–H and O–H groups in total. The van der Waals surface area contributed by atoms with E-state index in [2.05, 4.69) is 27.9 Å². The fourth-order valence-electron chi connectivity index (χ4n) is 1.86. The van der Waals surface area contributed by atoms with E-state index in [1.807, 2.05) is 30.3 Å². The predicted molar refractivity (Wildman–Crippen MR) is 83.7 cm³/mol. The van der Waals surface area contributed by atoms with Crippen molar-refractivity contribution in [3.63, 3.8) is 0 Å². The molecule has 0 saturated carbocycles. The second-order valence-corrected chi connectivity index (χ2v) is 5.46. The van der Waals surface area contributed by atoms with Gasteiger partial charge in [0.05, 0.1) is 12.1 Å². The maximum Gasteiger partial charge on any atom is 0.217 e. The molecule has 0 atom stereocenters. The van der Waals surface area contributed by atoms with Crippen LogP contribution in [0.3, 0.4) is 0 Å². The van der Waals surface area contributed by atoms with Gasteiger partial charge in [-0.3, -0.25) is 0 Å². The lowest BCUT2D eigenvalue weighted by Gasteiger charge is -2.05. The molecular weight excluding hydrogens is 282 g/mol. The average Bonchev–Trinajstić information content (AvgIpc) is 2.53. The molecule has 2 heterocycles. The van der Waals surface area contributed by atoms with E-state index in [0.29, 0.717) is 17.6 Å². The maximum atomic E-state index is 5.52. The predicted octanol–water partition coefficient (Wildman–Crippen LogP) is 3.96. The second kappa shape index (κ2) is 6.54. The van der Waals surface area contributed by atoms with E-state index >= 15 is 0 Å². The van der Waals surface area contributed by atoms with Gasteiger partial charge in [-0.2, -0.15) is 4.98 Å². The molecule has 0 fully saturated rings. The van der Waals surface area contributed by atoms with E-state index in [1.165, 1.54) is 11.8 Å². The van der Waals surface area contributed by atoms with Crippen molar-refractivity contribution in [3.05, 3.63) is 48.7 Å². The molecule has 0 aliphatic carbocycles. The highest BCUT2D eigenvalue weighted by molar-refractivity contribution is 7.99. The topological polar surface area (TPSA) is 47.9 Å². The first-order chi connectivity index (χ1) is 10.3. The Morgan fingerprint density at radius 1 is 1.05 bits per heavy atom. The molecule has 5 heteroatoms. The molecule has 0 radical (unpaired) electrons. The number of para-hydroxylation sites is 1. The number of rotatable bonds is 5. The molecule has 0 amide bonds. The summed E-state index contributed by atoms with van der Waals surface area (Å²) in [6.07, 6.45) is 2.67. The molecule has 106 valence electrons. The number of nitrogens with zero attached hydrogens (tertiary/aromatic N) is 3. The molecule has 3 rings (SSSR count). The Bertz CT molecular complexity index is 748. The van der Waals surface area contributed by atoms with Crippen LogP contribution in [0.25, 0.3) is 10.9 Å². The molecule has 1 aromatic carbocycles. The number of aromatic nitrogens is 3. The fourth-order valence-corrected chi connectivity index (χ4v) is 2.58. The van der Waals surface area contributed by atoms with Gasteiger partial charge in [-0.25, -0.2) is 9.97 Å². The van der Waals surface area contributed by atoms with Crippen molar-refractivity contribution in [2.24, 2.45) is 0 Å². The Morgan fingerprint density at radius 3 is 2.86 bits per heavy atom. The Hall–Kier alpha value is -2.14. The highest BCUT2D eigenvalue weighted by Crippen LogP contribution is 2.25. The van der Waals surface area contributed by atoms with Gasteiger partial charge in [0.25, 0.3) is 0 Å². The summed E-state index contributed by atoms with van der Waals surface area (Å²) in [5, 5.41) is 2.65. The lowest BCUT2D eigenvalue weighted by molar-refractivity contribution is 0.302. The van der Waals surface area contributed by atoms with Crippen LogP contribution < -0.4 is 4.74 Å². The van der Waals surface area contributed by atoms with Gasteiger partial charge >= 0.3 is 0 Å². The van der Waals surface area contributed by atoms with Crippen LogP contribution in [0.15, 0.2) is 58.8 Å². The first-order valence-corrected chi connectivity index (χ1v) is 7.66. The van der Waals surface area contributed by atoms with E-state index in [-0.39, 0.29) is 0 Å². The SMILES string of the molecule is CCCOc1ccnc(Sc2ccc3ccccc3n2)n1. The molecule has 3 aromatic rings. The van der Waals surface area contributed by atoms with Crippen molar-refractivity contribution in [1.82, 2.24) is 15.0 Å². The zero-order valence-electron chi connectivity index (χ0n) is 11.7. The summed E-state index contributed by atoms with van der Waals surface area (Å²) < 4.78 is 5.52. The molecular formula is C16H15N3OS. The van der Waals surface area contributed by atoms with E-state index in [1.54, 1.807) is 12.3 Å². The molecule has 0 aliphatic heterocycles. The second-order valence-electron chi connectivity index (χ2n) is 4.47. The van der Waals surface area contributed by atoms with Gasteiger partial charge in [0.2, 0.25) is 5.88 Å². The summed E-state index contributed by atoms with van der Waals surface area (Å²) in [4.78, 5) is 13.2. The molecule has 0 aliphatic rings. The zero-order valence-corrected chi connectivity index (χ0v) is 12.5. The van der Waals surface area contributed by atoms with E-state index in [0.717, 1.165) is 22.3 Å². The highest BCUT2D eigenvalue weighted by Gasteiger charge is 2.05. The third-order valence-electron chi connectivity index (χ3n) is 2.83. The summed E-state index contributed by atoms with van der Waals surface area (Å²) in [7, 11) is 0. The quantitative estimate of drug-likeness (QED) is 0.667. The van der Waals surface area contributed by atoms with Gasteiger partial charge in [-0.05, 0) is 30.3 Å². The van der Waals surface area contributed by atoms with Crippen LogP contribution in [0.4, 0.5) is 0 Å². The van der Waals surface area contributed by atoms with Crippen LogP contribution in [0.2, 0.25) is 0 Å². The monoisotopic (exact) mass is 297 g/mol. The van der Waals surface area contributed by atoms with Gasteiger partial charge < -0.3 is 4.74 Å². The normalized spacial score (nSPS) is 10.7. The Balaban J connectivity index is 1.81. The van der Waals surface area contributed by atoms with Crippen molar-refractivity contribution >= 4 is 22.7 Å². The number of pyridine rings is 1. The maximum absolute atomic E-state index is 5.52. The summed E-state index contributed by atoms with van der Waals surface area (Å²) in [5.41, 5.74) is 0.973. The standard InChI is InChI=1S/C16H15N3OS/c1-2-11-20-14-9-10-17-16(19-14)21-15-8-7-12-5-3-4-6-13(12)18-15/h3-10H,2,11H2,1H3. The minimum Gasteiger partial charge on any atom is -0.478 e. The average molecular weight is 297 g/mol. The van der Waals surface area contributed by atoms with Gasteiger partial charge in [-0.15, -0.1) is 0 Å². The van der Waals surface area contributed by atoms with Crippen molar-refractivity contribution in [1.29, 1.82) is 0 Å². The van der Waals surface area contributed by atoms with Crippen LogP contribution in [0.1, 0.15) is 13.3 Å². The number of fused-ring (bicyclic) bond motifs is 1. The molecule has 4 nitrogen and oxygen atoms in total. The van der Waals surface area contributed by atoms with Crippen molar-refractivity contribution in [2.75, 3.05) is 6.61 Å². The first-order valence-electron chi connectivity index (χ1n) is 6.84. The molecule has 0 saturated heterocycles. The summed E-state index contributed by atoms with van der Waals surface area (Å²) in [5.74, 6) is 0.607. The number of ether oxygens (including phenoxy) is 1. The molecule has 0 bridgehead atoms. The third-order valence-corrected chi connectivity index (χ3v) is 3.65. The number of hydrogen-bond acceptors (Lipinski definition) is 5. The van der Waals surface area contributed by atoms with Crippen LogP contribution in [-0.2, 0) is 0 Å².